The first kappa shape index (κ1) is 14.5. The predicted octanol–water partition coefficient (Wildman–Crippen LogP) is 3.64. The number of aryl methyl sites for hydroxylation is 1. The first-order valence-electron chi connectivity index (χ1n) is 6.38. The fourth-order valence-electron chi connectivity index (χ4n) is 1.46. The Balaban J connectivity index is 1.96. The topological polar surface area (TPSA) is 80.0 Å². The molecule has 2 aromatic heterocycles. The van der Waals surface area contributed by atoms with Crippen LogP contribution in [0.1, 0.15) is 38.3 Å². The number of carbonyl (C=O) groups excluding carboxylic acids is 1. The van der Waals surface area contributed by atoms with Crippen LogP contribution in [-0.2, 0) is 11.8 Å². The third kappa shape index (κ3) is 3.57. The highest BCUT2D eigenvalue weighted by molar-refractivity contribution is 7.15. The molecule has 0 bridgehead atoms. The Labute approximate surface area is 121 Å². The highest BCUT2D eigenvalue weighted by Gasteiger charge is 2.19. The van der Waals surface area contributed by atoms with E-state index in [-0.39, 0.29) is 5.41 Å². The molecule has 7 heteroatoms. The number of amides is 2. The van der Waals surface area contributed by atoms with E-state index >= 15 is 0 Å². The second-order valence-electron chi connectivity index (χ2n) is 5.39. The number of urea groups is 1. The molecule has 20 heavy (non-hydrogen) atoms. The van der Waals surface area contributed by atoms with E-state index in [0.29, 0.717) is 11.0 Å². The number of anilines is 2. The van der Waals surface area contributed by atoms with Gasteiger partial charge in [-0.2, -0.15) is 0 Å². The first-order valence-corrected chi connectivity index (χ1v) is 7.20. The second kappa shape index (κ2) is 5.62. The van der Waals surface area contributed by atoms with Gasteiger partial charge in [0.2, 0.25) is 5.88 Å². The average Bonchev–Trinajstić information content (AvgIpc) is 2.97. The molecular formula is C13H18N4O2S. The van der Waals surface area contributed by atoms with E-state index in [1.807, 2.05) is 27.7 Å². The molecule has 0 aromatic carbocycles. The smallest absolute Gasteiger partial charge is 0.327 e. The fourth-order valence-corrected chi connectivity index (χ4v) is 2.20. The zero-order valence-electron chi connectivity index (χ0n) is 12.0. The Bertz CT molecular complexity index is 598. The van der Waals surface area contributed by atoms with Crippen molar-refractivity contribution in [3.05, 3.63) is 22.8 Å². The molecule has 2 N–H and O–H groups in total. The van der Waals surface area contributed by atoms with Crippen LogP contribution < -0.4 is 10.6 Å². The van der Waals surface area contributed by atoms with Crippen molar-refractivity contribution in [3.8, 4) is 0 Å². The lowest BCUT2D eigenvalue weighted by atomic mass is 9.92. The minimum absolute atomic E-state index is 0.120. The molecule has 0 unspecified atom stereocenters. The Hall–Kier alpha value is -1.89. The summed E-state index contributed by atoms with van der Waals surface area (Å²) in [6, 6.07) is 1.33. The van der Waals surface area contributed by atoms with E-state index in [0.717, 1.165) is 17.0 Å². The van der Waals surface area contributed by atoms with Gasteiger partial charge in [0.15, 0.2) is 5.13 Å². The van der Waals surface area contributed by atoms with Gasteiger partial charge in [0.1, 0.15) is 0 Å². The van der Waals surface area contributed by atoms with Crippen LogP contribution in [-0.4, -0.2) is 16.2 Å². The van der Waals surface area contributed by atoms with Crippen molar-refractivity contribution in [1.29, 1.82) is 0 Å². The molecule has 2 amide bonds. The van der Waals surface area contributed by atoms with Crippen LogP contribution in [0.15, 0.2) is 16.8 Å². The van der Waals surface area contributed by atoms with E-state index in [9.17, 15) is 4.79 Å². The maximum atomic E-state index is 11.8. The van der Waals surface area contributed by atoms with Crippen molar-refractivity contribution in [2.45, 2.75) is 39.5 Å². The largest absolute Gasteiger partial charge is 0.338 e. The van der Waals surface area contributed by atoms with Crippen molar-refractivity contribution >= 4 is 28.4 Å². The number of carbonyl (C=O) groups is 1. The van der Waals surface area contributed by atoms with Crippen LogP contribution in [0.2, 0.25) is 0 Å². The van der Waals surface area contributed by atoms with E-state index in [2.05, 4.69) is 20.8 Å². The van der Waals surface area contributed by atoms with Crippen molar-refractivity contribution in [2.75, 3.05) is 10.6 Å². The molecule has 108 valence electrons. The predicted molar refractivity (Wildman–Crippen MR) is 79.3 cm³/mol. The van der Waals surface area contributed by atoms with E-state index in [1.54, 1.807) is 12.3 Å². The summed E-state index contributed by atoms with van der Waals surface area (Å²) in [6.45, 7) is 8.11. The van der Waals surface area contributed by atoms with Crippen molar-refractivity contribution in [3.63, 3.8) is 0 Å². The zero-order valence-corrected chi connectivity index (χ0v) is 12.8. The number of nitrogens with zero attached hydrogens (tertiary/aromatic N) is 2. The van der Waals surface area contributed by atoms with Crippen LogP contribution in [0.4, 0.5) is 15.8 Å². The van der Waals surface area contributed by atoms with Gasteiger partial charge in [0, 0.05) is 22.6 Å². The number of rotatable bonds is 3. The monoisotopic (exact) mass is 294 g/mol. The van der Waals surface area contributed by atoms with Crippen molar-refractivity contribution < 1.29 is 9.32 Å². The summed E-state index contributed by atoms with van der Waals surface area (Å²) < 4.78 is 5.09. The van der Waals surface area contributed by atoms with Crippen molar-refractivity contribution in [1.82, 2.24) is 10.1 Å². The third-order valence-electron chi connectivity index (χ3n) is 2.64. The molecule has 0 aliphatic rings. The summed E-state index contributed by atoms with van der Waals surface area (Å²) in [4.78, 5) is 17.0. The molecule has 0 atom stereocenters. The molecule has 0 radical (unpaired) electrons. The van der Waals surface area contributed by atoms with Gasteiger partial charge in [-0.05, 0) is 6.42 Å². The molecule has 0 aliphatic heterocycles. The Morgan fingerprint density at radius 1 is 1.40 bits per heavy atom. The van der Waals surface area contributed by atoms with Gasteiger partial charge in [-0.15, -0.1) is 11.3 Å². The molecule has 0 spiro atoms. The molecule has 0 aliphatic carbocycles. The zero-order chi connectivity index (χ0) is 14.8. The molecule has 2 aromatic rings. The van der Waals surface area contributed by atoms with Crippen LogP contribution in [0.25, 0.3) is 0 Å². The van der Waals surface area contributed by atoms with E-state index < -0.39 is 6.03 Å². The Morgan fingerprint density at radius 2 is 2.15 bits per heavy atom. The van der Waals surface area contributed by atoms with Gasteiger partial charge in [0.25, 0.3) is 0 Å². The molecule has 0 saturated heterocycles. The normalized spacial score (nSPS) is 11.4. The SMILES string of the molecule is CCc1cnc(NC(=O)Nc2cc(C(C)(C)C)no2)s1. The fraction of sp³-hybridized carbons (Fsp3) is 0.462. The maximum absolute atomic E-state index is 11.8. The number of hydrogen-bond donors (Lipinski definition) is 2. The Morgan fingerprint density at radius 3 is 2.70 bits per heavy atom. The van der Waals surface area contributed by atoms with Gasteiger partial charge in [0.05, 0.1) is 5.69 Å². The van der Waals surface area contributed by atoms with E-state index in [4.69, 9.17) is 4.52 Å². The molecule has 0 fully saturated rings. The van der Waals surface area contributed by atoms with Crippen molar-refractivity contribution in [2.24, 2.45) is 0 Å². The number of thiazole rings is 1. The van der Waals surface area contributed by atoms with Gasteiger partial charge in [-0.1, -0.05) is 32.9 Å². The third-order valence-corrected chi connectivity index (χ3v) is 3.69. The molecule has 6 nitrogen and oxygen atoms in total. The second-order valence-corrected chi connectivity index (χ2v) is 6.51. The van der Waals surface area contributed by atoms with Crippen LogP contribution >= 0.6 is 11.3 Å². The lowest BCUT2D eigenvalue weighted by Crippen LogP contribution is -2.19. The van der Waals surface area contributed by atoms with Gasteiger partial charge in [-0.3, -0.25) is 10.6 Å². The molecule has 2 heterocycles. The standard InChI is InChI=1S/C13H18N4O2S/c1-5-8-7-14-12(20-8)16-11(18)15-10-6-9(17-19-10)13(2,3)4/h6-7H,5H2,1-4H3,(H2,14,15,16,18). The number of aromatic nitrogens is 2. The number of hydrogen-bond acceptors (Lipinski definition) is 5. The minimum atomic E-state index is -0.390. The van der Waals surface area contributed by atoms with Gasteiger partial charge >= 0.3 is 6.03 Å². The van der Waals surface area contributed by atoms with Gasteiger partial charge < -0.3 is 4.52 Å². The van der Waals surface area contributed by atoms with Gasteiger partial charge in [-0.25, -0.2) is 9.78 Å². The minimum Gasteiger partial charge on any atom is -0.338 e. The van der Waals surface area contributed by atoms with Crippen LogP contribution in [0, 0.1) is 0 Å². The molecule has 0 saturated carbocycles. The number of nitrogens with one attached hydrogen (secondary N) is 2. The summed E-state index contributed by atoms with van der Waals surface area (Å²) in [6.07, 6.45) is 2.66. The molecule has 2 rings (SSSR count). The Kier molecular flexibility index (Phi) is 4.08. The maximum Gasteiger partial charge on any atom is 0.327 e. The quantitative estimate of drug-likeness (QED) is 0.905. The summed E-state index contributed by atoms with van der Waals surface area (Å²) in [5, 5.41) is 9.76. The summed E-state index contributed by atoms with van der Waals surface area (Å²) in [5.74, 6) is 0.319. The average molecular weight is 294 g/mol. The molecular weight excluding hydrogens is 276 g/mol. The van der Waals surface area contributed by atoms with E-state index in [1.165, 1.54) is 11.3 Å². The lowest BCUT2D eigenvalue weighted by molar-refractivity contribution is 0.261. The van der Waals surface area contributed by atoms with Crippen LogP contribution in [0.3, 0.4) is 0 Å². The summed E-state index contributed by atoms with van der Waals surface area (Å²) in [5.41, 5.74) is 0.668. The highest BCUT2D eigenvalue weighted by atomic mass is 32.1. The highest BCUT2D eigenvalue weighted by Crippen LogP contribution is 2.24. The van der Waals surface area contributed by atoms with Crippen LogP contribution in [0.5, 0.6) is 0 Å². The first-order chi connectivity index (χ1) is 9.38. The summed E-state index contributed by atoms with van der Waals surface area (Å²) >= 11 is 1.45. The summed E-state index contributed by atoms with van der Waals surface area (Å²) in [7, 11) is 0. The lowest BCUT2D eigenvalue weighted by Gasteiger charge is -2.12.